The molecule has 0 radical (unpaired) electrons. The highest BCUT2D eigenvalue weighted by Crippen LogP contribution is 2.05. The molecule has 0 N–H and O–H groups in total. The van der Waals surface area contributed by atoms with Crippen LogP contribution >= 0.6 is 22.6 Å². The number of hydrogen-bond acceptors (Lipinski definition) is 0. The molecule has 8 heavy (non-hydrogen) atoms. The van der Waals surface area contributed by atoms with Crippen molar-refractivity contribution in [3.05, 3.63) is 34.5 Å². The molecule has 0 bridgehead atoms. The minimum Gasteiger partial charge on any atom is -0.0991 e. The maximum absolute atomic E-state index is 3.55. The molecule has 0 fully saturated rings. The Kier molecular flexibility index (Phi) is 5.06. The second-order valence-corrected chi connectivity index (χ2v) is 2.51. The van der Waals surface area contributed by atoms with Crippen molar-refractivity contribution in [1.82, 2.24) is 0 Å². The lowest BCUT2D eigenvalue weighted by molar-refractivity contribution is 1.72. The maximum Gasteiger partial charge on any atom is 0.00871 e. The quantitative estimate of drug-likeness (QED) is 0.495. The van der Waals surface area contributed by atoms with E-state index < -0.39 is 0 Å². The predicted octanol–water partition coefficient (Wildman–Crippen LogP) is 3.07. The number of halogens is 1. The predicted molar refractivity (Wildman–Crippen MR) is 47.1 cm³/mol. The van der Waals surface area contributed by atoms with E-state index in [2.05, 4.69) is 29.2 Å². The molecular formula is C7H9I. The standard InChI is InChI=1S/C7H9I/c1-3-5-6-7(8)4-2/h3-6H,1H2,2H3/b6-5-,7-4+. The second-order valence-electron chi connectivity index (χ2n) is 1.27. The van der Waals surface area contributed by atoms with Crippen LogP contribution in [0.25, 0.3) is 0 Å². The Morgan fingerprint density at radius 1 is 1.62 bits per heavy atom. The third-order valence-corrected chi connectivity index (χ3v) is 1.65. The molecule has 0 aromatic heterocycles. The molecule has 0 aromatic carbocycles. The lowest BCUT2D eigenvalue weighted by Crippen LogP contribution is -1.54. The largest absolute Gasteiger partial charge is 0.0991 e. The Morgan fingerprint density at radius 2 is 2.25 bits per heavy atom. The van der Waals surface area contributed by atoms with E-state index in [-0.39, 0.29) is 0 Å². The van der Waals surface area contributed by atoms with Gasteiger partial charge in [0.15, 0.2) is 0 Å². The van der Waals surface area contributed by atoms with Gasteiger partial charge in [-0.15, -0.1) is 0 Å². The molecule has 0 nitrogen and oxygen atoms in total. The van der Waals surface area contributed by atoms with Crippen LogP contribution in [0.5, 0.6) is 0 Å². The van der Waals surface area contributed by atoms with Crippen molar-refractivity contribution < 1.29 is 0 Å². The summed E-state index contributed by atoms with van der Waals surface area (Å²) in [6.45, 7) is 5.56. The van der Waals surface area contributed by atoms with Crippen LogP contribution in [-0.2, 0) is 0 Å². The molecule has 0 atom stereocenters. The van der Waals surface area contributed by atoms with Crippen molar-refractivity contribution in [3.63, 3.8) is 0 Å². The SMILES string of the molecule is C=C/C=C\C(I)=C/C. The van der Waals surface area contributed by atoms with E-state index in [4.69, 9.17) is 0 Å². The molecule has 0 saturated heterocycles. The fourth-order valence-electron chi connectivity index (χ4n) is 0.256. The molecule has 1 heteroatoms. The van der Waals surface area contributed by atoms with Gasteiger partial charge in [-0.05, 0) is 35.6 Å². The van der Waals surface area contributed by atoms with E-state index in [1.165, 1.54) is 3.58 Å². The first-order valence-electron chi connectivity index (χ1n) is 2.42. The van der Waals surface area contributed by atoms with Crippen molar-refractivity contribution >= 4 is 22.6 Å². The first-order chi connectivity index (χ1) is 3.81. The van der Waals surface area contributed by atoms with E-state index in [1.54, 1.807) is 6.08 Å². The average molecular weight is 220 g/mol. The summed E-state index contributed by atoms with van der Waals surface area (Å²) >= 11 is 2.26. The first-order valence-corrected chi connectivity index (χ1v) is 3.50. The highest BCUT2D eigenvalue weighted by molar-refractivity contribution is 14.1. The van der Waals surface area contributed by atoms with E-state index in [9.17, 15) is 0 Å². The molecule has 0 amide bonds. The fourth-order valence-corrected chi connectivity index (χ4v) is 0.464. The van der Waals surface area contributed by atoms with E-state index in [0.717, 1.165) is 0 Å². The Hall–Kier alpha value is -0.0500. The van der Waals surface area contributed by atoms with Crippen LogP contribution in [0.2, 0.25) is 0 Å². The Bertz CT molecular complexity index is 120. The summed E-state index contributed by atoms with van der Waals surface area (Å²) in [6.07, 6.45) is 7.73. The Labute approximate surface area is 64.1 Å². The van der Waals surface area contributed by atoms with Gasteiger partial charge >= 0.3 is 0 Å². The number of hydrogen-bond donors (Lipinski definition) is 0. The van der Waals surface area contributed by atoms with Gasteiger partial charge in [0.2, 0.25) is 0 Å². The van der Waals surface area contributed by atoms with Crippen LogP contribution in [0.15, 0.2) is 34.5 Å². The molecule has 0 spiro atoms. The third kappa shape index (κ3) is 4.12. The minimum absolute atomic E-state index is 1.24. The molecule has 0 aliphatic rings. The molecule has 0 rings (SSSR count). The summed E-state index contributed by atoms with van der Waals surface area (Å²) in [4.78, 5) is 0. The normalized spacial score (nSPS) is 12.5. The van der Waals surface area contributed by atoms with Gasteiger partial charge in [-0.1, -0.05) is 24.8 Å². The van der Waals surface area contributed by atoms with Gasteiger partial charge in [-0.2, -0.15) is 0 Å². The summed E-state index contributed by atoms with van der Waals surface area (Å²) in [5.41, 5.74) is 0. The zero-order valence-electron chi connectivity index (χ0n) is 4.89. The van der Waals surface area contributed by atoms with Crippen LogP contribution in [0.1, 0.15) is 6.92 Å². The van der Waals surface area contributed by atoms with E-state index in [1.807, 2.05) is 25.2 Å². The molecule has 0 unspecified atom stereocenters. The smallest absolute Gasteiger partial charge is 0.00871 e. The molecule has 44 valence electrons. The highest BCUT2D eigenvalue weighted by atomic mass is 127. The second kappa shape index (κ2) is 5.09. The van der Waals surface area contributed by atoms with Crippen LogP contribution in [0.4, 0.5) is 0 Å². The summed E-state index contributed by atoms with van der Waals surface area (Å²) in [7, 11) is 0. The van der Waals surface area contributed by atoms with Gasteiger partial charge in [-0.25, -0.2) is 0 Å². The molecule has 0 aromatic rings. The van der Waals surface area contributed by atoms with Crippen LogP contribution < -0.4 is 0 Å². The number of allylic oxidation sites excluding steroid dienone is 5. The Balaban J connectivity index is 3.69. The van der Waals surface area contributed by atoms with Crippen molar-refractivity contribution in [2.75, 3.05) is 0 Å². The summed E-state index contributed by atoms with van der Waals surface area (Å²) in [6, 6.07) is 0. The van der Waals surface area contributed by atoms with Gasteiger partial charge in [0.05, 0.1) is 0 Å². The van der Waals surface area contributed by atoms with Gasteiger partial charge in [0.1, 0.15) is 0 Å². The topological polar surface area (TPSA) is 0 Å². The van der Waals surface area contributed by atoms with Crippen molar-refractivity contribution in [2.45, 2.75) is 6.92 Å². The number of rotatable bonds is 2. The molecular weight excluding hydrogens is 211 g/mol. The third-order valence-electron chi connectivity index (χ3n) is 0.667. The van der Waals surface area contributed by atoms with Crippen LogP contribution in [0, 0.1) is 0 Å². The molecule has 0 aliphatic heterocycles. The summed E-state index contributed by atoms with van der Waals surface area (Å²) in [5.74, 6) is 0. The fraction of sp³-hybridized carbons (Fsp3) is 0.143. The van der Waals surface area contributed by atoms with E-state index in [0.29, 0.717) is 0 Å². The van der Waals surface area contributed by atoms with Crippen LogP contribution in [-0.4, -0.2) is 0 Å². The zero-order valence-corrected chi connectivity index (χ0v) is 7.05. The van der Waals surface area contributed by atoms with Crippen molar-refractivity contribution in [2.24, 2.45) is 0 Å². The molecule has 0 aliphatic carbocycles. The van der Waals surface area contributed by atoms with Gasteiger partial charge in [-0.3, -0.25) is 0 Å². The summed E-state index contributed by atoms with van der Waals surface area (Å²) in [5, 5.41) is 0. The lowest BCUT2D eigenvalue weighted by Gasteiger charge is -1.79. The maximum atomic E-state index is 3.55. The van der Waals surface area contributed by atoms with Crippen molar-refractivity contribution in [1.29, 1.82) is 0 Å². The van der Waals surface area contributed by atoms with Gasteiger partial charge in [0.25, 0.3) is 0 Å². The minimum atomic E-state index is 1.24. The first kappa shape index (κ1) is 7.95. The molecule has 0 saturated carbocycles. The lowest BCUT2D eigenvalue weighted by atomic mass is 10.4. The monoisotopic (exact) mass is 220 g/mol. The van der Waals surface area contributed by atoms with E-state index >= 15 is 0 Å². The summed E-state index contributed by atoms with van der Waals surface area (Å²) < 4.78 is 1.24. The Morgan fingerprint density at radius 3 is 2.62 bits per heavy atom. The van der Waals surface area contributed by atoms with Gasteiger partial charge < -0.3 is 0 Å². The van der Waals surface area contributed by atoms with Gasteiger partial charge in [0, 0.05) is 3.58 Å². The average Bonchev–Trinajstić information content (AvgIpc) is 1.83. The highest BCUT2D eigenvalue weighted by Gasteiger charge is 1.73. The van der Waals surface area contributed by atoms with Crippen molar-refractivity contribution in [3.8, 4) is 0 Å². The van der Waals surface area contributed by atoms with Crippen LogP contribution in [0.3, 0.4) is 0 Å². The zero-order chi connectivity index (χ0) is 6.41. The molecule has 0 heterocycles.